The van der Waals surface area contributed by atoms with E-state index in [1.165, 1.54) is 6.92 Å². The first-order chi connectivity index (χ1) is 7.59. The van der Waals surface area contributed by atoms with Crippen molar-refractivity contribution in [3.05, 3.63) is 34.9 Å². The van der Waals surface area contributed by atoms with Crippen LogP contribution < -0.4 is 5.32 Å². The fourth-order valence-corrected chi connectivity index (χ4v) is 1.38. The van der Waals surface area contributed by atoms with Gasteiger partial charge in [-0.15, -0.1) is 0 Å². The van der Waals surface area contributed by atoms with Crippen LogP contribution in [-0.4, -0.2) is 17.6 Å². The molecule has 1 aromatic carbocycles. The lowest BCUT2D eigenvalue weighted by Gasteiger charge is -2.00. The Labute approximate surface area is 99.7 Å². The number of carbonyl (C=O) groups is 1. The lowest BCUT2D eigenvalue weighted by atomic mass is 10.2. The molecule has 3 nitrogen and oxygen atoms in total. The summed E-state index contributed by atoms with van der Waals surface area (Å²) < 4.78 is 0. The van der Waals surface area contributed by atoms with Crippen LogP contribution in [-0.2, 0) is 4.79 Å². The molecule has 1 rings (SSSR count). The highest BCUT2D eigenvalue weighted by Gasteiger charge is 1.97. The minimum absolute atomic E-state index is 0.0426. The Morgan fingerprint density at radius 3 is 3.00 bits per heavy atom. The molecule has 0 aliphatic carbocycles. The van der Waals surface area contributed by atoms with Crippen molar-refractivity contribution in [3.8, 4) is 5.75 Å². The summed E-state index contributed by atoms with van der Waals surface area (Å²) in [5, 5.41) is 12.8. The molecular weight excluding hydrogens is 226 g/mol. The Kier molecular flexibility index (Phi) is 4.86. The van der Waals surface area contributed by atoms with Crippen LogP contribution in [0.4, 0.5) is 0 Å². The van der Waals surface area contributed by atoms with Gasteiger partial charge in [-0.05, 0) is 24.6 Å². The van der Waals surface area contributed by atoms with E-state index in [2.05, 4.69) is 5.32 Å². The summed E-state index contributed by atoms with van der Waals surface area (Å²) in [4.78, 5) is 10.6. The van der Waals surface area contributed by atoms with Gasteiger partial charge in [0.1, 0.15) is 5.75 Å². The quantitative estimate of drug-likeness (QED) is 0.794. The molecule has 0 aliphatic heterocycles. The third-order valence-corrected chi connectivity index (χ3v) is 2.21. The summed E-state index contributed by atoms with van der Waals surface area (Å²) in [6.07, 6.45) is 4.37. The number of carbonyl (C=O) groups excluding carboxylic acids is 1. The molecule has 0 fully saturated rings. The maximum absolute atomic E-state index is 10.6. The Bertz CT molecular complexity index is 402. The zero-order valence-corrected chi connectivity index (χ0v) is 9.79. The molecule has 0 aliphatic rings. The van der Waals surface area contributed by atoms with Crippen molar-refractivity contribution in [2.24, 2.45) is 0 Å². The number of hydrogen-bond donors (Lipinski definition) is 2. The van der Waals surface area contributed by atoms with E-state index in [0.717, 1.165) is 0 Å². The number of rotatable bonds is 4. The topological polar surface area (TPSA) is 49.3 Å². The van der Waals surface area contributed by atoms with Gasteiger partial charge in [0.05, 0.1) is 0 Å². The molecule has 2 N–H and O–H groups in total. The zero-order chi connectivity index (χ0) is 12.0. The second-order valence-electron chi connectivity index (χ2n) is 3.38. The van der Waals surface area contributed by atoms with E-state index in [1.807, 2.05) is 6.08 Å². The van der Waals surface area contributed by atoms with E-state index in [9.17, 15) is 9.90 Å². The van der Waals surface area contributed by atoms with E-state index < -0.39 is 0 Å². The monoisotopic (exact) mass is 239 g/mol. The summed E-state index contributed by atoms with van der Waals surface area (Å²) >= 11 is 5.80. The van der Waals surface area contributed by atoms with E-state index in [-0.39, 0.29) is 11.7 Å². The van der Waals surface area contributed by atoms with Gasteiger partial charge < -0.3 is 10.4 Å². The van der Waals surface area contributed by atoms with Crippen molar-refractivity contribution in [2.75, 3.05) is 6.54 Å². The molecule has 1 amide bonds. The SMILES string of the molecule is CC(=O)NCCC=Cc1cc(Cl)ccc1O. The number of phenols is 1. The summed E-state index contributed by atoms with van der Waals surface area (Å²) in [5.41, 5.74) is 0.676. The van der Waals surface area contributed by atoms with Crippen molar-refractivity contribution in [1.82, 2.24) is 5.32 Å². The van der Waals surface area contributed by atoms with Gasteiger partial charge >= 0.3 is 0 Å². The van der Waals surface area contributed by atoms with Crippen molar-refractivity contribution >= 4 is 23.6 Å². The Morgan fingerprint density at radius 2 is 2.31 bits per heavy atom. The van der Waals surface area contributed by atoms with E-state index in [4.69, 9.17) is 11.6 Å². The number of hydrogen-bond acceptors (Lipinski definition) is 2. The highest BCUT2D eigenvalue weighted by atomic mass is 35.5. The highest BCUT2D eigenvalue weighted by molar-refractivity contribution is 6.30. The van der Waals surface area contributed by atoms with Crippen LogP contribution in [0.25, 0.3) is 6.08 Å². The first-order valence-electron chi connectivity index (χ1n) is 4.99. The predicted octanol–water partition coefficient (Wildman–Crippen LogP) is 2.59. The van der Waals surface area contributed by atoms with Crippen LogP contribution in [0.3, 0.4) is 0 Å². The third-order valence-electron chi connectivity index (χ3n) is 1.97. The first kappa shape index (κ1) is 12.6. The molecule has 0 atom stereocenters. The van der Waals surface area contributed by atoms with E-state index in [1.54, 1.807) is 24.3 Å². The Hall–Kier alpha value is -1.48. The molecule has 0 heterocycles. The van der Waals surface area contributed by atoms with Gasteiger partial charge in [0.15, 0.2) is 0 Å². The summed E-state index contributed by atoms with van der Waals surface area (Å²) in [6, 6.07) is 4.87. The number of amides is 1. The van der Waals surface area contributed by atoms with Crippen LogP contribution in [0, 0.1) is 0 Å². The maximum atomic E-state index is 10.6. The van der Waals surface area contributed by atoms with Crippen molar-refractivity contribution in [2.45, 2.75) is 13.3 Å². The maximum Gasteiger partial charge on any atom is 0.216 e. The van der Waals surface area contributed by atoms with E-state index in [0.29, 0.717) is 23.6 Å². The van der Waals surface area contributed by atoms with Gasteiger partial charge in [-0.25, -0.2) is 0 Å². The number of nitrogens with one attached hydrogen (secondary N) is 1. The molecule has 0 radical (unpaired) electrons. The molecular formula is C12H14ClNO2. The van der Waals surface area contributed by atoms with E-state index >= 15 is 0 Å². The molecule has 0 spiro atoms. The smallest absolute Gasteiger partial charge is 0.216 e. The molecule has 0 aromatic heterocycles. The lowest BCUT2D eigenvalue weighted by Crippen LogP contribution is -2.20. The fourth-order valence-electron chi connectivity index (χ4n) is 1.20. The number of aromatic hydroxyl groups is 1. The average Bonchev–Trinajstić information content (AvgIpc) is 2.22. The second kappa shape index (κ2) is 6.18. The highest BCUT2D eigenvalue weighted by Crippen LogP contribution is 2.22. The van der Waals surface area contributed by atoms with Gasteiger partial charge in [0.25, 0.3) is 0 Å². The second-order valence-corrected chi connectivity index (χ2v) is 3.81. The van der Waals surface area contributed by atoms with Crippen LogP contribution in [0.5, 0.6) is 5.75 Å². The Morgan fingerprint density at radius 1 is 1.56 bits per heavy atom. The lowest BCUT2D eigenvalue weighted by molar-refractivity contribution is -0.118. The van der Waals surface area contributed by atoms with Gasteiger partial charge in [0.2, 0.25) is 5.91 Å². The van der Waals surface area contributed by atoms with Crippen LogP contribution in [0.1, 0.15) is 18.9 Å². The molecule has 0 saturated carbocycles. The van der Waals surface area contributed by atoms with Crippen molar-refractivity contribution in [1.29, 1.82) is 0 Å². The summed E-state index contributed by atoms with van der Waals surface area (Å²) in [7, 11) is 0. The van der Waals surface area contributed by atoms with Crippen molar-refractivity contribution in [3.63, 3.8) is 0 Å². The predicted molar refractivity (Wildman–Crippen MR) is 65.5 cm³/mol. The third kappa shape index (κ3) is 4.36. The zero-order valence-electron chi connectivity index (χ0n) is 9.03. The van der Waals surface area contributed by atoms with Crippen LogP contribution in [0.15, 0.2) is 24.3 Å². The molecule has 4 heteroatoms. The normalized spacial score (nSPS) is 10.6. The number of phenolic OH excluding ortho intramolecular Hbond substituents is 1. The average molecular weight is 240 g/mol. The fraction of sp³-hybridized carbons (Fsp3) is 0.250. The van der Waals surface area contributed by atoms with Crippen LogP contribution in [0.2, 0.25) is 5.02 Å². The summed E-state index contributed by atoms with van der Waals surface area (Å²) in [6.45, 7) is 2.07. The molecule has 0 unspecified atom stereocenters. The van der Waals surface area contributed by atoms with Crippen LogP contribution >= 0.6 is 11.6 Å². The Balaban J connectivity index is 2.49. The largest absolute Gasteiger partial charge is 0.507 e. The standard InChI is InChI=1S/C12H14ClNO2/c1-9(15)14-7-3-2-4-10-8-11(13)5-6-12(10)16/h2,4-6,8,16H,3,7H2,1H3,(H,14,15). The van der Waals surface area contributed by atoms with Gasteiger partial charge in [-0.1, -0.05) is 23.8 Å². The number of benzene rings is 1. The molecule has 0 saturated heterocycles. The molecule has 1 aromatic rings. The molecule has 86 valence electrons. The minimum atomic E-state index is -0.0426. The minimum Gasteiger partial charge on any atom is -0.507 e. The van der Waals surface area contributed by atoms with Gasteiger partial charge in [-0.3, -0.25) is 4.79 Å². The number of halogens is 1. The first-order valence-corrected chi connectivity index (χ1v) is 5.37. The van der Waals surface area contributed by atoms with Gasteiger partial charge in [-0.2, -0.15) is 0 Å². The molecule has 0 bridgehead atoms. The summed E-state index contributed by atoms with van der Waals surface area (Å²) in [5.74, 6) is 0.152. The molecule has 16 heavy (non-hydrogen) atoms. The van der Waals surface area contributed by atoms with Crippen molar-refractivity contribution < 1.29 is 9.90 Å². The van der Waals surface area contributed by atoms with Gasteiger partial charge in [0, 0.05) is 24.1 Å².